The summed E-state index contributed by atoms with van der Waals surface area (Å²) >= 11 is 0. The van der Waals surface area contributed by atoms with E-state index in [2.05, 4.69) is 6.92 Å². The third-order valence-corrected chi connectivity index (χ3v) is 2.95. The highest BCUT2D eigenvalue weighted by atomic mass is 16.6. The average molecular weight is 213 g/mol. The Bertz CT molecular complexity index is 284. The number of hydrogen-bond donors (Lipinski definition) is 0. The number of amides is 1. The molecule has 4 nitrogen and oxygen atoms in total. The Morgan fingerprint density at radius 2 is 2.20 bits per heavy atom. The van der Waals surface area contributed by atoms with Crippen LogP contribution in [0.2, 0.25) is 0 Å². The van der Waals surface area contributed by atoms with Gasteiger partial charge in [-0.25, -0.2) is 4.79 Å². The second kappa shape index (κ2) is 3.11. The number of hydrogen-bond acceptors (Lipinski definition) is 3. The van der Waals surface area contributed by atoms with Crippen LogP contribution < -0.4 is 0 Å². The third-order valence-electron chi connectivity index (χ3n) is 2.95. The van der Waals surface area contributed by atoms with Crippen molar-refractivity contribution in [2.45, 2.75) is 51.4 Å². The van der Waals surface area contributed by atoms with Crippen molar-refractivity contribution in [1.82, 2.24) is 4.90 Å². The number of carbonyl (C=O) groups excluding carboxylic acids is 1. The number of piperidine rings is 1. The van der Waals surface area contributed by atoms with E-state index in [9.17, 15) is 4.79 Å². The minimum absolute atomic E-state index is 0.0402. The lowest BCUT2D eigenvalue weighted by Gasteiger charge is -2.29. The molecule has 2 aliphatic rings. The SMILES string of the molecule is CC(C)(C)OC(=O)N1CCC2(C)OC2C1. The van der Waals surface area contributed by atoms with Gasteiger partial charge in [0, 0.05) is 6.54 Å². The highest BCUT2D eigenvalue weighted by Gasteiger charge is 2.56. The monoisotopic (exact) mass is 213 g/mol. The summed E-state index contributed by atoms with van der Waals surface area (Å²) in [5.41, 5.74) is -0.374. The molecule has 0 aromatic rings. The van der Waals surface area contributed by atoms with Crippen LogP contribution in [0.1, 0.15) is 34.1 Å². The zero-order valence-electron chi connectivity index (χ0n) is 9.87. The molecule has 0 aromatic heterocycles. The van der Waals surface area contributed by atoms with Gasteiger partial charge in [0.05, 0.1) is 12.1 Å². The van der Waals surface area contributed by atoms with Gasteiger partial charge in [0.2, 0.25) is 0 Å². The molecule has 0 N–H and O–H groups in total. The predicted molar refractivity (Wildman–Crippen MR) is 55.7 cm³/mol. The Hall–Kier alpha value is -0.770. The van der Waals surface area contributed by atoms with Crippen LogP contribution in [0.3, 0.4) is 0 Å². The zero-order chi connectivity index (χ0) is 11.3. The summed E-state index contributed by atoms with van der Waals surface area (Å²) in [5.74, 6) is 0. The first-order valence-corrected chi connectivity index (χ1v) is 5.46. The minimum Gasteiger partial charge on any atom is -0.444 e. The van der Waals surface area contributed by atoms with Crippen LogP contribution >= 0.6 is 0 Å². The number of likely N-dealkylation sites (tertiary alicyclic amines) is 1. The van der Waals surface area contributed by atoms with Crippen molar-refractivity contribution in [2.24, 2.45) is 0 Å². The molecule has 1 amide bonds. The van der Waals surface area contributed by atoms with E-state index in [1.165, 1.54) is 0 Å². The first-order valence-electron chi connectivity index (χ1n) is 5.46. The van der Waals surface area contributed by atoms with Crippen molar-refractivity contribution in [3.63, 3.8) is 0 Å². The van der Waals surface area contributed by atoms with E-state index in [0.717, 1.165) is 13.0 Å². The topological polar surface area (TPSA) is 42.1 Å². The molecule has 15 heavy (non-hydrogen) atoms. The predicted octanol–water partition coefficient (Wildman–Crippen LogP) is 1.78. The van der Waals surface area contributed by atoms with E-state index in [-0.39, 0.29) is 17.8 Å². The Kier molecular flexibility index (Phi) is 2.23. The Morgan fingerprint density at radius 1 is 1.53 bits per heavy atom. The zero-order valence-corrected chi connectivity index (χ0v) is 9.87. The number of rotatable bonds is 0. The molecule has 0 aliphatic carbocycles. The standard InChI is InChI=1S/C11H19NO3/c1-10(2,3)15-9(13)12-6-5-11(4)8(7-12)14-11/h8H,5-7H2,1-4H3. The molecule has 0 spiro atoms. The number of nitrogens with zero attached hydrogens (tertiary/aromatic N) is 1. The van der Waals surface area contributed by atoms with Crippen LogP contribution in [0, 0.1) is 0 Å². The lowest BCUT2D eigenvalue weighted by molar-refractivity contribution is 0.0220. The van der Waals surface area contributed by atoms with Crippen molar-refractivity contribution >= 4 is 6.09 Å². The van der Waals surface area contributed by atoms with E-state index in [4.69, 9.17) is 9.47 Å². The van der Waals surface area contributed by atoms with E-state index in [1.54, 1.807) is 4.90 Å². The largest absolute Gasteiger partial charge is 0.444 e. The van der Waals surface area contributed by atoms with Gasteiger partial charge >= 0.3 is 6.09 Å². The maximum absolute atomic E-state index is 11.7. The summed E-state index contributed by atoms with van der Waals surface area (Å²) in [4.78, 5) is 13.5. The highest BCUT2D eigenvalue weighted by Crippen LogP contribution is 2.43. The molecule has 0 bridgehead atoms. The van der Waals surface area contributed by atoms with Gasteiger partial charge < -0.3 is 14.4 Å². The van der Waals surface area contributed by atoms with Crippen molar-refractivity contribution in [2.75, 3.05) is 13.1 Å². The average Bonchev–Trinajstić information content (AvgIpc) is 2.71. The first kappa shape index (κ1) is 10.7. The Balaban J connectivity index is 1.88. The van der Waals surface area contributed by atoms with Crippen molar-refractivity contribution < 1.29 is 14.3 Å². The normalized spacial score (nSPS) is 34.7. The molecule has 2 unspecified atom stereocenters. The van der Waals surface area contributed by atoms with Gasteiger partial charge in [-0.2, -0.15) is 0 Å². The number of carbonyl (C=O) groups is 1. The fourth-order valence-corrected chi connectivity index (χ4v) is 1.88. The molecule has 2 saturated heterocycles. The summed E-state index contributed by atoms with van der Waals surface area (Å²) in [7, 11) is 0. The van der Waals surface area contributed by atoms with E-state index in [0.29, 0.717) is 6.54 Å². The molecule has 2 atom stereocenters. The lowest BCUT2D eigenvalue weighted by atomic mass is 9.99. The summed E-state index contributed by atoms with van der Waals surface area (Å²) in [5, 5.41) is 0. The van der Waals surface area contributed by atoms with Crippen LogP contribution in [-0.4, -0.2) is 41.4 Å². The molecule has 2 rings (SSSR count). The summed E-state index contributed by atoms with van der Waals surface area (Å²) < 4.78 is 10.8. The fourth-order valence-electron chi connectivity index (χ4n) is 1.88. The molecule has 0 radical (unpaired) electrons. The van der Waals surface area contributed by atoms with Crippen LogP contribution in [0.25, 0.3) is 0 Å². The van der Waals surface area contributed by atoms with E-state index < -0.39 is 5.60 Å². The highest BCUT2D eigenvalue weighted by molar-refractivity contribution is 5.68. The first-order chi connectivity index (χ1) is 6.80. The van der Waals surface area contributed by atoms with Crippen LogP contribution in [0.15, 0.2) is 0 Å². The Morgan fingerprint density at radius 3 is 2.73 bits per heavy atom. The second-order valence-electron chi connectivity index (χ2n) is 5.60. The van der Waals surface area contributed by atoms with E-state index >= 15 is 0 Å². The smallest absolute Gasteiger partial charge is 0.410 e. The van der Waals surface area contributed by atoms with E-state index in [1.807, 2.05) is 20.8 Å². The second-order valence-corrected chi connectivity index (χ2v) is 5.60. The van der Waals surface area contributed by atoms with Crippen LogP contribution in [0.4, 0.5) is 4.79 Å². The molecule has 4 heteroatoms. The van der Waals surface area contributed by atoms with Gasteiger partial charge in [0.15, 0.2) is 0 Å². The molecular weight excluding hydrogens is 194 g/mol. The maximum atomic E-state index is 11.7. The minimum atomic E-state index is -0.414. The molecule has 2 fully saturated rings. The van der Waals surface area contributed by atoms with Gasteiger partial charge in [-0.15, -0.1) is 0 Å². The van der Waals surface area contributed by atoms with Crippen molar-refractivity contribution in [1.29, 1.82) is 0 Å². The van der Waals surface area contributed by atoms with Gasteiger partial charge in [-0.05, 0) is 34.1 Å². The number of epoxide rings is 1. The quantitative estimate of drug-likeness (QED) is 0.576. The molecule has 2 heterocycles. The van der Waals surface area contributed by atoms with Gasteiger partial charge in [0.1, 0.15) is 11.7 Å². The van der Waals surface area contributed by atoms with Gasteiger partial charge in [-0.1, -0.05) is 0 Å². The molecule has 0 aromatic carbocycles. The molecular formula is C11H19NO3. The lowest BCUT2D eigenvalue weighted by Crippen LogP contribution is -2.44. The fraction of sp³-hybridized carbons (Fsp3) is 0.909. The molecule has 0 saturated carbocycles. The molecule has 86 valence electrons. The summed E-state index contributed by atoms with van der Waals surface area (Å²) in [6, 6.07) is 0. The van der Waals surface area contributed by atoms with Gasteiger partial charge in [-0.3, -0.25) is 0 Å². The van der Waals surface area contributed by atoms with Crippen LogP contribution in [-0.2, 0) is 9.47 Å². The third kappa shape index (κ3) is 2.25. The Labute approximate surface area is 90.5 Å². The van der Waals surface area contributed by atoms with Crippen molar-refractivity contribution in [3.8, 4) is 0 Å². The number of ether oxygens (including phenoxy) is 2. The maximum Gasteiger partial charge on any atom is 0.410 e. The molecule has 2 aliphatic heterocycles. The van der Waals surface area contributed by atoms with Crippen molar-refractivity contribution in [3.05, 3.63) is 0 Å². The summed E-state index contributed by atoms with van der Waals surface area (Å²) in [6.45, 7) is 9.16. The summed E-state index contributed by atoms with van der Waals surface area (Å²) in [6.07, 6.45) is 0.913. The van der Waals surface area contributed by atoms with Crippen LogP contribution in [0.5, 0.6) is 0 Å². The van der Waals surface area contributed by atoms with Gasteiger partial charge in [0.25, 0.3) is 0 Å². The number of fused-ring (bicyclic) bond motifs is 1.